The smallest absolute Gasteiger partial charge is 0.199 e. The lowest BCUT2D eigenvalue weighted by molar-refractivity contribution is 0.598. The number of allylic oxidation sites excluding steroid dienone is 4. The van der Waals surface area contributed by atoms with Gasteiger partial charge in [0.05, 0.1) is 4.90 Å². The highest BCUT2D eigenvalue weighted by atomic mass is 32.2. The van der Waals surface area contributed by atoms with Gasteiger partial charge in [-0.3, -0.25) is 0 Å². The van der Waals surface area contributed by atoms with E-state index in [1.54, 1.807) is 30.5 Å². The topological polar surface area (TPSA) is 46.5 Å². The molecule has 2 aliphatic carbocycles. The van der Waals surface area contributed by atoms with Crippen LogP contribution in [0.3, 0.4) is 0 Å². The van der Waals surface area contributed by atoms with Crippen LogP contribution < -0.4 is 0 Å². The standard InChI is InChI=1S/C24H25NO2S/c1-18-12-14-21(15-13-18)28(26,27)25-17-23-22-11-7-6-8-19(22)16-24(23,2)20-9-4-3-5-10-20/h3-5,9-10,12-17H,6-8,11H2,1-2H3/b25-17+. The Hall–Kier alpha value is -2.46. The molecular formula is C24H25NO2S. The van der Waals surface area contributed by atoms with Crippen molar-refractivity contribution in [2.45, 2.75) is 49.8 Å². The van der Waals surface area contributed by atoms with Gasteiger partial charge >= 0.3 is 0 Å². The van der Waals surface area contributed by atoms with E-state index in [9.17, 15) is 8.42 Å². The number of nitrogens with zero attached hydrogens (tertiary/aromatic N) is 1. The van der Waals surface area contributed by atoms with Crippen LogP contribution in [0, 0.1) is 6.92 Å². The highest BCUT2D eigenvalue weighted by molar-refractivity contribution is 7.90. The van der Waals surface area contributed by atoms with E-state index in [4.69, 9.17) is 0 Å². The van der Waals surface area contributed by atoms with Gasteiger partial charge in [0.1, 0.15) is 0 Å². The van der Waals surface area contributed by atoms with E-state index in [-0.39, 0.29) is 10.3 Å². The molecule has 4 heteroatoms. The first kappa shape index (κ1) is 18.9. The summed E-state index contributed by atoms with van der Waals surface area (Å²) in [5.41, 5.74) is 5.49. The minimum absolute atomic E-state index is 0.233. The van der Waals surface area contributed by atoms with Gasteiger partial charge in [-0.2, -0.15) is 12.8 Å². The fraction of sp³-hybridized carbons (Fsp3) is 0.292. The average Bonchev–Trinajstić information content (AvgIpc) is 3.00. The number of aryl methyl sites for hydroxylation is 1. The molecule has 4 rings (SSSR count). The highest BCUT2D eigenvalue weighted by Gasteiger charge is 2.37. The van der Waals surface area contributed by atoms with Gasteiger partial charge in [0.2, 0.25) is 0 Å². The quantitative estimate of drug-likeness (QED) is 0.644. The minimum atomic E-state index is -3.72. The van der Waals surface area contributed by atoms with Crippen molar-refractivity contribution in [2.75, 3.05) is 0 Å². The second-order valence-electron chi connectivity index (χ2n) is 7.86. The zero-order chi connectivity index (χ0) is 19.8. The van der Waals surface area contributed by atoms with Crippen molar-refractivity contribution in [1.29, 1.82) is 0 Å². The third kappa shape index (κ3) is 3.37. The molecule has 1 atom stereocenters. The van der Waals surface area contributed by atoms with Crippen LogP contribution in [0.4, 0.5) is 0 Å². The Balaban J connectivity index is 1.77. The summed E-state index contributed by atoms with van der Waals surface area (Å²) in [4.78, 5) is 0.233. The first-order valence-corrected chi connectivity index (χ1v) is 11.2. The second kappa shape index (κ2) is 7.17. The maximum atomic E-state index is 12.8. The van der Waals surface area contributed by atoms with Crippen LogP contribution in [-0.4, -0.2) is 14.6 Å². The molecule has 0 heterocycles. The van der Waals surface area contributed by atoms with E-state index >= 15 is 0 Å². The van der Waals surface area contributed by atoms with Gasteiger partial charge in [-0.25, -0.2) is 0 Å². The first-order chi connectivity index (χ1) is 13.4. The molecule has 0 amide bonds. The third-order valence-electron chi connectivity index (χ3n) is 5.87. The Bertz CT molecular complexity index is 1080. The van der Waals surface area contributed by atoms with E-state index in [0.717, 1.165) is 30.4 Å². The monoisotopic (exact) mass is 391 g/mol. The SMILES string of the molecule is Cc1ccc(S(=O)(=O)/N=C/C2=C3CCCCC3=CC2(C)c2ccccc2)cc1. The molecule has 1 fully saturated rings. The number of hydrogen-bond donors (Lipinski definition) is 0. The molecule has 0 aliphatic heterocycles. The van der Waals surface area contributed by atoms with Crippen molar-refractivity contribution in [3.8, 4) is 0 Å². The predicted molar refractivity (Wildman–Crippen MR) is 114 cm³/mol. The fourth-order valence-electron chi connectivity index (χ4n) is 4.26. The second-order valence-corrected chi connectivity index (χ2v) is 9.49. The summed E-state index contributed by atoms with van der Waals surface area (Å²) in [6, 6.07) is 17.1. The van der Waals surface area contributed by atoms with Gasteiger partial charge in [0.15, 0.2) is 0 Å². The summed E-state index contributed by atoms with van der Waals surface area (Å²) in [7, 11) is -3.72. The lowest BCUT2D eigenvalue weighted by Gasteiger charge is -2.26. The van der Waals surface area contributed by atoms with Gasteiger partial charge < -0.3 is 0 Å². The number of hydrogen-bond acceptors (Lipinski definition) is 2. The summed E-state index contributed by atoms with van der Waals surface area (Å²) in [6.07, 6.45) is 8.29. The van der Waals surface area contributed by atoms with Crippen LogP contribution in [0.2, 0.25) is 0 Å². The van der Waals surface area contributed by atoms with E-state index in [1.165, 1.54) is 23.1 Å². The van der Waals surface area contributed by atoms with Crippen LogP contribution in [0.5, 0.6) is 0 Å². The highest BCUT2D eigenvalue weighted by Crippen LogP contribution is 2.47. The van der Waals surface area contributed by atoms with Crippen LogP contribution in [0.25, 0.3) is 0 Å². The largest absolute Gasteiger partial charge is 0.282 e. The maximum Gasteiger partial charge on any atom is 0.282 e. The Morgan fingerprint density at radius 2 is 1.64 bits per heavy atom. The van der Waals surface area contributed by atoms with Gasteiger partial charge in [-0.05, 0) is 73.9 Å². The number of rotatable bonds is 4. The van der Waals surface area contributed by atoms with Crippen LogP contribution in [0.1, 0.15) is 43.7 Å². The lowest BCUT2D eigenvalue weighted by atomic mass is 9.77. The summed E-state index contributed by atoms with van der Waals surface area (Å²) < 4.78 is 29.6. The summed E-state index contributed by atoms with van der Waals surface area (Å²) in [6.45, 7) is 4.10. The molecule has 0 radical (unpaired) electrons. The molecule has 2 aromatic rings. The van der Waals surface area contributed by atoms with E-state index < -0.39 is 10.0 Å². The zero-order valence-electron chi connectivity index (χ0n) is 16.4. The molecule has 28 heavy (non-hydrogen) atoms. The molecule has 0 saturated heterocycles. The van der Waals surface area contributed by atoms with E-state index in [1.807, 2.05) is 25.1 Å². The summed E-state index contributed by atoms with van der Waals surface area (Å²) in [5, 5.41) is 0. The lowest BCUT2D eigenvalue weighted by Crippen LogP contribution is -2.21. The molecule has 0 bridgehead atoms. The molecule has 1 unspecified atom stereocenters. The molecule has 0 N–H and O–H groups in total. The zero-order valence-corrected chi connectivity index (χ0v) is 17.2. The maximum absolute atomic E-state index is 12.8. The molecule has 1 saturated carbocycles. The van der Waals surface area contributed by atoms with Crippen molar-refractivity contribution in [3.05, 3.63) is 88.5 Å². The van der Waals surface area contributed by atoms with Gasteiger partial charge in [0.25, 0.3) is 10.0 Å². The third-order valence-corrected chi connectivity index (χ3v) is 7.12. The van der Waals surface area contributed by atoms with Crippen LogP contribution >= 0.6 is 0 Å². The predicted octanol–water partition coefficient (Wildman–Crippen LogP) is 5.52. The molecular weight excluding hydrogens is 366 g/mol. The van der Waals surface area contributed by atoms with Crippen LogP contribution in [-0.2, 0) is 15.4 Å². The van der Waals surface area contributed by atoms with E-state index in [0.29, 0.717) is 0 Å². The summed E-state index contributed by atoms with van der Waals surface area (Å²) >= 11 is 0. The fourth-order valence-corrected chi connectivity index (χ4v) is 5.11. The average molecular weight is 392 g/mol. The number of fused-ring (bicyclic) bond motifs is 1. The Kier molecular flexibility index (Phi) is 4.84. The molecule has 2 aliphatic rings. The summed E-state index contributed by atoms with van der Waals surface area (Å²) in [5.74, 6) is 0. The minimum Gasteiger partial charge on any atom is -0.199 e. The molecule has 144 valence electrons. The van der Waals surface area contributed by atoms with Crippen LogP contribution in [0.15, 0.2) is 86.7 Å². The number of sulfonamides is 1. The number of benzene rings is 2. The van der Waals surface area contributed by atoms with E-state index in [2.05, 4.69) is 29.5 Å². The molecule has 0 spiro atoms. The normalized spacial score (nSPS) is 22.4. The molecule has 2 aromatic carbocycles. The van der Waals surface area contributed by atoms with Crippen molar-refractivity contribution in [1.82, 2.24) is 0 Å². The van der Waals surface area contributed by atoms with Crippen molar-refractivity contribution in [2.24, 2.45) is 4.40 Å². The van der Waals surface area contributed by atoms with Crippen molar-refractivity contribution >= 4 is 16.2 Å². The van der Waals surface area contributed by atoms with Crippen molar-refractivity contribution < 1.29 is 8.42 Å². The van der Waals surface area contributed by atoms with Crippen molar-refractivity contribution in [3.63, 3.8) is 0 Å². The molecule has 3 nitrogen and oxygen atoms in total. The first-order valence-electron chi connectivity index (χ1n) is 9.78. The van der Waals surface area contributed by atoms with Gasteiger partial charge in [0, 0.05) is 11.6 Å². The molecule has 0 aromatic heterocycles. The Morgan fingerprint density at radius 3 is 2.36 bits per heavy atom. The Morgan fingerprint density at radius 1 is 0.964 bits per heavy atom. The Labute approximate surface area is 167 Å². The van der Waals surface area contributed by atoms with Gasteiger partial charge in [-0.1, -0.05) is 54.1 Å². The van der Waals surface area contributed by atoms with Gasteiger partial charge in [-0.15, -0.1) is 0 Å².